The molecule has 1 aromatic heterocycles. The standard InChI is InChI=1S/C29H36ClN9O3/c1-38-14-6-4-3-5-7-23(36-27(40)13-8-19-15-20(30)9-12-25(19)39(32)18-34-31)28-33-17-24(37-28)22-11-10-21(16-26(22)38)35-29(41)42-2/h8-13,15-18,23H,3-7,14,31-32H2,1-2H3,(H,33,37)(H,35,41)(H,36,40)/b13-8+,34-18-/t23-/m0/s1. The third kappa shape index (κ3) is 7.80. The number of aromatic amines is 1. The fourth-order valence-electron chi connectivity index (χ4n) is 4.83. The molecule has 2 bridgehead atoms. The highest BCUT2D eigenvalue weighted by Gasteiger charge is 2.20. The summed E-state index contributed by atoms with van der Waals surface area (Å²) in [5.41, 5.74) is 4.49. The molecule has 0 saturated carbocycles. The van der Waals surface area contributed by atoms with E-state index in [9.17, 15) is 9.59 Å². The molecule has 0 saturated heterocycles. The van der Waals surface area contributed by atoms with Crippen LogP contribution in [0.5, 0.6) is 0 Å². The van der Waals surface area contributed by atoms with Crippen LogP contribution in [0.3, 0.4) is 0 Å². The Balaban J connectivity index is 1.59. The van der Waals surface area contributed by atoms with Crippen molar-refractivity contribution in [2.75, 3.05) is 35.9 Å². The third-order valence-electron chi connectivity index (χ3n) is 6.98. The molecule has 4 rings (SSSR count). The lowest BCUT2D eigenvalue weighted by Crippen LogP contribution is -2.30. The maximum Gasteiger partial charge on any atom is 0.411 e. The molecule has 7 N–H and O–H groups in total. The summed E-state index contributed by atoms with van der Waals surface area (Å²) in [4.78, 5) is 35.1. The van der Waals surface area contributed by atoms with E-state index in [0.29, 0.717) is 27.8 Å². The minimum Gasteiger partial charge on any atom is -0.453 e. The van der Waals surface area contributed by atoms with Gasteiger partial charge in [0.1, 0.15) is 12.2 Å². The Morgan fingerprint density at radius 2 is 2.02 bits per heavy atom. The first kappa shape index (κ1) is 30.4. The second kappa shape index (κ2) is 14.4. The number of rotatable bonds is 6. The van der Waals surface area contributed by atoms with Crippen molar-refractivity contribution in [1.29, 1.82) is 0 Å². The number of aromatic nitrogens is 2. The molecule has 3 aromatic rings. The van der Waals surface area contributed by atoms with E-state index in [1.54, 1.807) is 30.5 Å². The summed E-state index contributed by atoms with van der Waals surface area (Å²) in [6, 6.07) is 10.4. The number of hydrogen-bond acceptors (Lipinski definition) is 8. The fraction of sp³-hybridized carbons (Fsp3) is 0.310. The number of methoxy groups -OCH3 is 1. The van der Waals surface area contributed by atoms with E-state index in [1.807, 2.05) is 25.2 Å². The number of fused-ring (bicyclic) bond motifs is 4. The molecule has 2 amide bonds. The Morgan fingerprint density at radius 3 is 2.81 bits per heavy atom. The van der Waals surface area contributed by atoms with Crippen LogP contribution in [0, 0.1) is 0 Å². The van der Waals surface area contributed by atoms with Gasteiger partial charge in [0.2, 0.25) is 5.91 Å². The van der Waals surface area contributed by atoms with Gasteiger partial charge < -0.3 is 25.8 Å². The van der Waals surface area contributed by atoms with Gasteiger partial charge in [0.15, 0.2) is 0 Å². The molecule has 13 heteroatoms. The zero-order valence-corrected chi connectivity index (χ0v) is 24.4. The Kier molecular flexibility index (Phi) is 10.4. The number of nitrogens with one attached hydrogen (secondary N) is 3. The molecule has 0 aliphatic carbocycles. The zero-order chi connectivity index (χ0) is 30.1. The predicted molar refractivity (Wildman–Crippen MR) is 167 cm³/mol. The quantitative estimate of drug-likeness (QED) is 0.0896. The van der Waals surface area contributed by atoms with Crippen molar-refractivity contribution < 1.29 is 14.3 Å². The number of hydrogen-bond donors (Lipinski definition) is 5. The number of carbonyl (C=O) groups excluding carboxylic acids is 2. The molecule has 1 atom stereocenters. The molecule has 1 aliphatic heterocycles. The van der Waals surface area contributed by atoms with Gasteiger partial charge in [0.25, 0.3) is 0 Å². The molecule has 2 aromatic carbocycles. The molecule has 0 fully saturated rings. The van der Waals surface area contributed by atoms with Gasteiger partial charge in [-0.2, -0.15) is 5.10 Å². The lowest BCUT2D eigenvalue weighted by molar-refractivity contribution is -0.117. The van der Waals surface area contributed by atoms with Crippen molar-refractivity contribution >= 4 is 53.1 Å². The Morgan fingerprint density at radius 1 is 1.21 bits per heavy atom. The molecule has 12 nitrogen and oxygen atoms in total. The van der Waals surface area contributed by atoms with Gasteiger partial charge in [0.05, 0.1) is 30.7 Å². The van der Waals surface area contributed by atoms with E-state index in [-0.39, 0.29) is 11.9 Å². The number of nitrogens with two attached hydrogens (primary N) is 2. The van der Waals surface area contributed by atoms with Crippen LogP contribution < -0.4 is 32.2 Å². The number of anilines is 3. The number of nitrogens with zero attached hydrogens (tertiary/aromatic N) is 4. The number of ether oxygens (including phenoxy) is 1. The van der Waals surface area contributed by atoms with Crippen molar-refractivity contribution in [2.24, 2.45) is 16.8 Å². The van der Waals surface area contributed by atoms with Gasteiger partial charge in [-0.1, -0.05) is 30.9 Å². The lowest BCUT2D eigenvalue weighted by atomic mass is 10.1. The first-order valence-electron chi connectivity index (χ1n) is 13.6. The molecule has 2 heterocycles. The molecular weight excluding hydrogens is 558 g/mol. The number of imidazole rings is 1. The van der Waals surface area contributed by atoms with E-state index >= 15 is 0 Å². The van der Waals surface area contributed by atoms with Crippen LogP contribution in [0.1, 0.15) is 49.5 Å². The largest absolute Gasteiger partial charge is 0.453 e. The molecule has 222 valence electrons. The van der Waals surface area contributed by atoms with Crippen molar-refractivity contribution in [1.82, 2.24) is 15.3 Å². The first-order valence-corrected chi connectivity index (χ1v) is 14.0. The molecular formula is C29H36ClN9O3. The third-order valence-corrected chi connectivity index (χ3v) is 7.22. The minimum atomic E-state index is -0.532. The molecule has 0 unspecified atom stereocenters. The maximum atomic E-state index is 13.1. The molecule has 0 spiro atoms. The fourth-order valence-corrected chi connectivity index (χ4v) is 5.02. The highest BCUT2D eigenvalue weighted by molar-refractivity contribution is 6.30. The van der Waals surface area contributed by atoms with E-state index in [1.165, 1.54) is 24.5 Å². The van der Waals surface area contributed by atoms with Crippen molar-refractivity contribution in [3.8, 4) is 11.3 Å². The summed E-state index contributed by atoms with van der Waals surface area (Å²) in [6.07, 6.45) is 10.3. The number of hydrazine groups is 1. The maximum absolute atomic E-state index is 13.1. The summed E-state index contributed by atoms with van der Waals surface area (Å²) >= 11 is 6.18. The highest BCUT2D eigenvalue weighted by atomic mass is 35.5. The molecule has 1 aliphatic rings. The van der Waals surface area contributed by atoms with Crippen LogP contribution in [0.15, 0.2) is 53.8 Å². The van der Waals surface area contributed by atoms with Gasteiger partial charge in [-0.25, -0.2) is 15.6 Å². The van der Waals surface area contributed by atoms with Crippen LogP contribution >= 0.6 is 11.6 Å². The smallest absolute Gasteiger partial charge is 0.411 e. The number of halogens is 1. The Bertz CT molecular complexity index is 1460. The minimum absolute atomic E-state index is 0.289. The van der Waals surface area contributed by atoms with Crippen LogP contribution in [-0.4, -0.2) is 49.0 Å². The zero-order valence-electron chi connectivity index (χ0n) is 23.6. The number of H-pyrrole nitrogens is 1. The van der Waals surface area contributed by atoms with Crippen LogP contribution in [0.4, 0.5) is 21.9 Å². The summed E-state index contributed by atoms with van der Waals surface area (Å²) < 4.78 is 4.75. The molecule has 42 heavy (non-hydrogen) atoms. The first-order chi connectivity index (χ1) is 20.3. The Labute approximate surface area is 249 Å². The van der Waals surface area contributed by atoms with Crippen molar-refractivity contribution in [3.05, 3.63) is 65.1 Å². The van der Waals surface area contributed by atoms with Crippen LogP contribution in [-0.2, 0) is 9.53 Å². The number of hydrazone groups is 1. The van der Waals surface area contributed by atoms with Crippen LogP contribution in [0.25, 0.3) is 17.3 Å². The van der Waals surface area contributed by atoms with Gasteiger partial charge >= 0.3 is 6.09 Å². The van der Waals surface area contributed by atoms with Crippen molar-refractivity contribution in [3.63, 3.8) is 0 Å². The van der Waals surface area contributed by atoms with E-state index < -0.39 is 6.09 Å². The van der Waals surface area contributed by atoms with Gasteiger partial charge in [0, 0.05) is 47.2 Å². The second-order valence-corrected chi connectivity index (χ2v) is 10.4. The predicted octanol–water partition coefficient (Wildman–Crippen LogP) is 4.76. The summed E-state index contributed by atoms with van der Waals surface area (Å²) in [5, 5.41) is 11.0. The SMILES string of the molecule is COC(=O)Nc1ccc2c(c1)N(C)CCCCCC[C@H](NC(=O)/C=C/c1cc(Cl)ccc1N(N)/C=N\N)c1ncc-2[nH]1. The average molecular weight is 594 g/mol. The number of benzene rings is 2. The van der Waals surface area contributed by atoms with E-state index in [0.717, 1.165) is 55.6 Å². The van der Waals surface area contributed by atoms with Gasteiger partial charge in [-0.3, -0.25) is 15.1 Å². The summed E-state index contributed by atoms with van der Waals surface area (Å²) in [5.74, 6) is 11.6. The summed E-state index contributed by atoms with van der Waals surface area (Å²) in [7, 11) is 3.36. The molecule has 0 radical (unpaired) electrons. The van der Waals surface area contributed by atoms with Crippen LogP contribution in [0.2, 0.25) is 5.02 Å². The topological polar surface area (TPSA) is 167 Å². The normalized spacial score (nSPS) is 15.8. The Hall–Kier alpha value is -4.55. The summed E-state index contributed by atoms with van der Waals surface area (Å²) in [6.45, 7) is 0.851. The van der Waals surface area contributed by atoms with Crippen molar-refractivity contribution in [2.45, 2.75) is 38.1 Å². The van der Waals surface area contributed by atoms with Gasteiger partial charge in [-0.05, 0) is 55.3 Å². The van der Waals surface area contributed by atoms with Gasteiger partial charge in [-0.15, -0.1) is 0 Å². The van der Waals surface area contributed by atoms with E-state index in [2.05, 4.69) is 30.6 Å². The highest BCUT2D eigenvalue weighted by Crippen LogP contribution is 2.34. The lowest BCUT2D eigenvalue weighted by Gasteiger charge is -2.23. The second-order valence-electron chi connectivity index (χ2n) is 9.92. The number of carbonyl (C=O) groups is 2. The average Bonchev–Trinajstić information content (AvgIpc) is 3.47. The monoisotopic (exact) mass is 593 g/mol. The number of amides is 2. The van der Waals surface area contributed by atoms with E-state index in [4.69, 9.17) is 28.0 Å².